The monoisotopic (exact) mass is 473 g/mol. The first-order valence-corrected chi connectivity index (χ1v) is 11.4. The van der Waals surface area contributed by atoms with E-state index in [-0.39, 0.29) is 13.0 Å². The average Bonchev–Trinajstić information content (AvgIpc) is 3.37. The van der Waals surface area contributed by atoms with Crippen LogP contribution in [0.15, 0.2) is 17.5 Å². The topological polar surface area (TPSA) is 120 Å². The van der Waals surface area contributed by atoms with Crippen molar-refractivity contribution in [3.05, 3.63) is 23.2 Å². The lowest BCUT2D eigenvalue weighted by atomic mass is 9.99. The van der Waals surface area contributed by atoms with Gasteiger partial charge < -0.3 is 14.6 Å². The molecule has 4 heterocycles. The Kier molecular flexibility index (Phi) is 5.55. The van der Waals surface area contributed by atoms with Gasteiger partial charge in [-0.2, -0.15) is 10.1 Å². The number of aliphatic carboxylic acids is 1. The van der Waals surface area contributed by atoms with Crippen molar-refractivity contribution in [2.45, 2.75) is 58.3 Å². The predicted molar refractivity (Wildman–Crippen MR) is 122 cm³/mol. The highest BCUT2D eigenvalue weighted by Gasteiger charge is 2.52. The van der Waals surface area contributed by atoms with Gasteiger partial charge in [-0.1, -0.05) is 0 Å². The zero-order chi connectivity index (χ0) is 24.1. The standard InChI is InChI=1S/C22H27N5O5S/c1-12-9-15(26(6)25-12)17-23-14-7-8-33-16(14)18(24-17)31-13-10-22(5,19(28)29)27(11-13)20(30)32-21(2,3)4/h7-9,13H,10-11H2,1-6H3,(H,28,29)/t13-,22+/m1/s1. The number of likely N-dealkylation sites (tertiary alicyclic amines) is 1. The highest BCUT2D eigenvalue weighted by molar-refractivity contribution is 7.17. The van der Waals surface area contributed by atoms with Gasteiger partial charge in [-0.25, -0.2) is 14.6 Å². The van der Waals surface area contributed by atoms with E-state index < -0.39 is 29.3 Å². The van der Waals surface area contributed by atoms with Crippen LogP contribution >= 0.6 is 11.3 Å². The van der Waals surface area contributed by atoms with E-state index in [0.29, 0.717) is 11.7 Å². The molecule has 10 nitrogen and oxygen atoms in total. The first kappa shape index (κ1) is 23.0. The number of rotatable bonds is 4. The molecule has 1 aliphatic heterocycles. The molecule has 1 aliphatic rings. The van der Waals surface area contributed by atoms with Gasteiger partial charge in [0, 0.05) is 13.5 Å². The number of amides is 1. The van der Waals surface area contributed by atoms with Crippen molar-refractivity contribution < 1.29 is 24.2 Å². The lowest BCUT2D eigenvalue weighted by Gasteiger charge is -2.32. The van der Waals surface area contributed by atoms with Crippen molar-refractivity contribution in [3.63, 3.8) is 0 Å². The van der Waals surface area contributed by atoms with E-state index in [9.17, 15) is 14.7 Å². The van der Waals surface area contributed by atoms with Crippen LogP contribution in [0.5, 0.6) is 5.88 Å². The van der Waals surface area contributed by atoms with Crippen molar-refractivity contribution >= 4 is 33.6 Å². The number of carbonyl (C=O) groups excluding carboxylic acids is 1. The number of carboxylic acids is 1. The summed E-state index contributed by atoms with van der Waals surface area (Å²) in [7, 11) is 1.82. The van der Waals surface area contributed by atoms with Crippen LogP contribution < -0.4 is 4.74 Å². The summed E-state index contributed by atoms with van der Waals surface area (Å²) >= 11 is 1.44. The van der Waals surface area contributed by atoms with Gasteiger partial charge in [-0.15, -0.1) is 11.3 Å². The van der Waals surface area contributed by atoms with Gasteiger partial charge in [0.2, 0.25) is 5.88 Å². The van der Waals surface area contributed by atoms with Crippen molar-refractivity contribution in [3.8, 4) is 17.4 Å². The number of aryl methyl sites for hydroxylation is 2. The Morgan fingerprint density at radius 1 is 1.30 bits per heavy atom. The molecule has 33 heavy (non-hydrogen) atoms. The summed E-state index contributed by atoms with van der Waals surface area (Å²) in [5.74, 6) is -0.302. The molecule has 0 saturated carbocycles. The zero-order valence-electron chi connectivity index (χ0n) is 19.4. The van der Waals surface area contributed by atoms with Crippen molar-refractivity contribution in [1.82, 2.24) is 24.6 Å². The van der Waals surface area contributed by atoms with Crippen LogP contribution in [-0.4, -0.2) is 65.6 Å². The zero-order valence-corrected chi connectivity index (χ0v) is 20.3. The Labute approximate surface area is 195 Å². The van der Waals surface area contributed by atoms with Crippen LogP contribution in [0.4, 0.5) is 4.79 Å². The van der Waals surface area contributed by atoms with Gasteiger partial charge >= 0.3 is 12.1 Å². The maximum absolute atomic E-state index is 12.8. The second kappa shape index (κ2) is 7.98. The molecule has 4 rings (SSSR count). The first-order valence-electron chi connectivity index (χ1n) is 10.5. The fraction of sp³-hybridized carbons (Fsp3) is 0.500. The minimum atomic E-state index is -1.46. The molecule has 3 aromatic heterocycles. The molecule has 3 aromatic rings. The van der Waals surface area contributed by atoms with Crippen molar-refractivity contribution in [1.29, 1.82) is 0 Å². The van der Waals surface area contributed by atoms with Gasteiger partial charge in [0.05, 0.1) is 17.8 Å². The van der Waals surface area contributed by atoms with E-state index in [2.05, 4.69) is 15.1 Å². The molecule has 1 amide bonds. The molecule has 11 heteroatoms. The summed E-state index contributed by atoms with van der Waals surface area (Å²) < 4.78 is 14.1. The van der Waals surface area contributed by atoms with Gasteiger partial charge in [0.1, 0.15) is 27.6 Å². The highest BCUT2D eigenvalue weighted by Crippen LogP contribution is 2.36. The Morgan fingerprint density at radius 3 is 2.64 bits per heavy atom. The Morgan fingerprint density at radius 2 is 2.03 bits per heavy atom. The van der Waals surface area contributed by atoms with Crippen LogP contribution in [0.1, 0.15) is 39.8 Å². The average molecular weight is 474 g/mol. The third-order valence-electron chi connectivity index (χ3n) is 5.46. The Bertz CT molecular complexity index is 1230. The second-order valence-corrected chi connectivity index (χ2v) is 10.3. The van der Waals surface area contributed by atoms with Crippen LogP contribution in [0.3, 0.4) is 0 Å². The molecule has 1 N–H and O–H groups in total. The minimum Gasteiger partial charge on any atom is -0.480 e. The summed E-state index contributed by atoms with van der Waals surface area (Å²) in [6.45, 7) is 8.68. The highest BCUT2D eigenvalue weighted by atomic mass is 32.1. The molecule has 1 saturated heterocycles. The minimum absolute atomic E-state index is 0.0642. The van der Waals surface area contributed by atoms with Crippen LogP contribution in [0, 0.1) is 6.92 Å². The molecule has 0 spiro atoms. The van der Waals surface area contributed by atoms with Gasteiger partial charge in [-0.3, -0.25) is 9.58 Å². The number of nitrogens with zero attached hydrogens (tertiary/aromatic N) is 5. The lowest BCUT2D eigenvalue weighted by molar-refractivity contribution is -0.148. The van der Waals surface area contributed by atoms with E-state index in [1.807, 2.05) is 31.5 Å². The third kappa shape index (κ3) is 4.37. The van der Waals surface area contributed by atoms with E-state index in [1.165, 1.54) is 23.2 Å². The summed E-state index contributed by atoms with van der Waals surface area (Å²) in [6, 6.07) is 3.77. The molecule has 0 aromatic carbocycles. The van der Waals surface area contributed by atoms with Crippen molar-refractivity contribution in [2.24, 2.45) is 7.05 Å². The SMILES string of the molecule is Cc1cc(-c2nc(O[C@H]3CN(C(=O)OC(C)(C)C)[C@](C)(C(=O)O)C3)c3sccc3n2)n(C)n1. The maximum Gasteiger partial charge on any atom is 0.411 e. The fourth-order valence-corrected chi connectivity index (χ4v) is 4.67. The maximum atomic E-state index is 12.8. The predicted octanol–water partition coefficient (Wildman–Crippen LogP) is 3.63. The van der Waals surface area contributed by atoms with E-state index in [1.54, 1.807) is 25.5 Å². The number of hydrogen-bond acceptors (Lipinski definition) is 8. The van der Waals surface area contributed by atoms with Crippen LogP contribution in [0.25, 0.3) is 21.7 Å². The molecule has 2 atom stereocenters. The Hall–Kier alpha value is -3.21. The summed E-state index contributed by atoms with van der Waals surface area (Å²) in [4.78, 5) is 35.4. The smallest absolute Gasteiger partial charge is 0.411 e. The number of thiophene rings is 1. The number of carbonyl (C=O) groups is 2. The number of hydrogen-bond donors (Lipinski definition) is 1. The quantitative estimate of drug-likeness (QED) is 0.610. The normalized spacial score (nSPS) is 20.9. The van der Waals surface area contributed by atoms with Gasteiger partial charge in [0.25, 0.3) is 0 Å². The van der Waals surface area contributed by atoms with Gasteiger partial charge in [-0.05, 0) is 52.1 Å². The van der Waals surface area contributed by atoms with Gasteiger partial charge in [0.15, 0.2) is 5.82 Å². The van der Waals surface area contributed by atoms with Crippen LogP contribution in [-0.2, 0) is 16.6 Å². The molecular formula is C22H27N5O5S. The summed E-state index contributed by atoms with van der Waals surface area (Å²) in [6.07, 6.45) is -1.17. The molecule has 0 bridgehead atoms. The molecule has 0 unspecified atom stereocenters. The second-order valence-electron chi connectivity index (χ2n) is 9.40. The first-order chi connectivity index (χ1) is 15.4. The molecule has 0 radical (unpaired) electrons. The van der Waals surface area contributed by atoms with E-state index in [4.69, 9.17) is 9.47 Å². The van der Waals surface area contributed by atoms with Crippen LogP contribution in [0.2, 0.25) is 0 Å². The number of fused-ring (bicyclic) bond motifs is 1. The molecule has 0 aliphatic carbocycles. The fourth-order valence-electron chi connectivity index (χ4n) is 3.91. The van der Waals surface area contributed by atoms with E-state index in [0.717, 1.165) is 21.6 Å². The number of carboxylic acid groups (broad SMARTS) is 1. The number of ether oxygens (including phenoxy) is 2. The Balaban J connectivity index is 1.67. The largest absolute Gasteiger partial charge is 0.480 e. The summed E-state index contributed by atoms with van der Waals surface area (Å²) in [5.41, 5.74) is 0.0901. The molecular weight excluding hydrogens is 446 g/mol. The van der Waals surface area contributed by atoms with E-state index >= 15 is 0 Å². The number of aromatic nitrogens is 4. The lowest BCUT2D eigenvalue weighted by Crippen LogP contribution is -2.52. The molecule has 1 fully saturated rings. The van der Waals surface area contributed by atoms with Crippen molar-refractivity contribution in [2.75, 3.05) is 6.54 Å². The third-order valence-corrected chi connectivity index (χ3v) is 6.36. The molecule has 176 valence electrons. The summed E-state index contributed by atoms with van der Waals surface area (Å²) in [5, 5.41) is 16.2.